The average molecular weight is 472 g/mol. The molecule has 7 nitrogen and oxygen atoms in total. The highest BCUT2D eigenvalue weighted by atomic mass is 79.9. The Balaban J connectivity index is 1.49. The lowest BCUT2D eigenvalue weighted by atomic mass is 10.2. The largest absolute Gasteiger partial charge is 0.360 e. The predicted molar refractivity (Wildman–Crippen MR) is 115 cm³/mol. The molecule has 0 saturated heterocycles. The lowest BCUT2D eigenvalue weighted by Crippen LogP contribution is -2.06. The molecule has 0 unspecified atom stereocenters. The highest BCUT2D eigenvalue weighted by Gasteiger charge is 2.19. The molecule has 4 aromatic rings. The summed E-state index contributed by atoms with van der Waals surface area (Å²) >= 11 is 4.82. The van der Waals surface area contributed by atoms with Crippen LogP contribution in [0.25, 0.3) is 17.2 Å². The van der Waals surface area contributed by atoms with E-state index in [0.717, 1.165) is 27.2 Å². The van der Waals surface area contributed by atoms with E-state index in [-0.39, 0.29) is 11.5 Å². The lowest BCUT2D eigenvalue weighted by molar-refractivity contribution is 0.102. The highest BCUT2D eigenvalue weighted by molar-refractivity contribution is 9.10. The fraction of sp³-hybridized carbons (Fsp3) is 0.200. The second-order valence-corrected chi connectivity index (χ2v) is 8.37. The number of nitrogens with zero attached hydrogens (tertiary/aromatic N) is 4. The topological polar surface area (TPSA) is 89.6 Å². The molecule has 0 aliphatic rings. The van der Waals surface area contributed by atoms with E-state index in [4.69, 9.17) is 4.52 Å². The average Bonchev–Trinajstić information content (AvgIpc) is 3.40. The van der Waals surface area contributed by atoms with Crippen LogP contribution in [0.2, 0.25) is 0 Å². The van der Waals surface area contributed by atoms with Gasteiger partial charge >= 0.3 is 0 Å². The Hall–Kier alpha value is -2.65. The number of thioether (sulfide) groups is 1. The van der Waals surface area contributed by atoms with Crippen LogP contribution in [0.15, 0.2) is 50.6 Å². The molecule has 0 aliphatic carbocycles. The number of halogens is 1. The molecule has 0 saturated carbocycles. The van der Waals surface area contributed by atoms with Crippen LogP contribution in [0, 0.1) is 20.8 Å². The number of Topliss-reactive ketones (excluding diaryl/α,β-unsaturated/α-hetero) is 1. The van der Waals surface area contributed by atoms with Gasteiger partial charge in [-0.05, 0) is 32.9 Å². The SMILES string of the molecule is Cc1cc(-n2c(C)cc(C(=O)CSc3n[nH]c(-c4ccccc4Br)n3)c2C)no1. The zero-order valence-electron chi connectivity index (χ0n) is 16.1. The number of H-pyrrole nitrogens is 1. The zero-order valence-corrected chi connectivity index (χ0v) is 18.5. The van der Waals surface area contributed by atoms with Crippen molar-refractivity contribution in [3.63, 3.8) is 0 Å². The maximum atomic E-state index is 12.8. The fourth-order valence-electron chi connectivity index (χ4n) is 3.15. The van der Waals surface area contributed by atoms with Crippen LogP contribution in [0.1, 0.15) is 27.5 Å². The molecule has 29 heavy (non-hydrogen) atoms. The molecule has 0 aliphatic heterocycles. The van der Waals surface area contributed by atoms with Crippen molar-refractivity contribution in [3.8, 4) is 17.2 Å². The third-order valence-electron chi connectivity index (χ3n) is 4.50. The number of aromatic amines is 1. The smallest absolute Gasteiger partial charge is 0.209 e. The van der Waals surface area contributed by atoms with Crippen molar-refractivity contribution < 1.29 is 9.32 Å². The number of aromatic nitrogens is 5. The number of aryl methyl sites for hydroxylation is 2. The van der Waals surface area contributed by atoms with Gasteiger partial charge in [0.05, 0.1) is 5.75 Å². The van der Waals surface area contributed by atoms with Crippen LogP contribution in [-0.4, -0.2) is 36.4 Å². The van der Waals surface area contributed by atoms with E-state index in [1.807, 2.05) is 61.7 Å². The second kappa shape index (κ2) is 8.00. The summed E-state index contributed by atoms with van der Waals surface area (Å²) in [4.78, 5) is 17.3. The van der Waals surface area contributed by atoms with Crippen LogP contribution < -0.4 is 0 Å². The first kappa shape index (κ1) is 19.7. The number of hydrogen-bond acceptors (Lipinski definition) is 6. The normalized spacial score (nSPS) is 11.2. The van der Waals surface area contributed by atoms with E-state index in [2.05, 4.69) is 36.3 Å². The number of carbonyl (C=O) groups is 1. The number of rotatable bonds is 6. The first-order valence-electron chi connectivity index (χ1n) is 8.90. The number of carbonyl (C=O) groups excluding carboxylic acids is 1. The van der Waals surface area contributed by atoms with Gasteiger partial charge < -0.3 is 4.52 Å². The van der Waals surface area contributed by atoms with Gasteiger partial charge in [-0.1, -0.05) is 51.0 Å². The number of nitrogens with one attached hydrogen (secondary N) is 1. The lowest BCUT2D eigenvalue weighted by Gasteiger charge is -2.04. The Morgan fingerprint density at radius 3 is 2.76 bits per heavy atom. The summed E-state index contributed by atoms with van der Waals surface area (Å²) in [5.74, 6) is 2.32. The molecule has 0 radical (unpaired) electrons. The van der Waals surface area contributed by atoms with Crippen molar-refractivity contribution in [2.75, 3.05) is 5.75 Å². The van der Waals surface area contributed by atoms with Crippen LogP contribution in [0.4, 0.5) is 0 Å². The summed E-state index contributed by atoms with van der Waals surface area (Å²) in [7, 11) is 0. The van der Waals surface area contributed by atoms with Crippen LogP contribution in [-0.2, 0) is 0 Å². The molecular formula is C20H18BrN5O2S. The number of ketones is 1. The van der Waals surface area contributed by atoms with Crippen molar-refractivity contribution in [2.45, 2.75) is 25.9 Å². The van der Waals surface area contributed by atoms with Gasteiger partial charge in [-0.2, -0.15) is 0 Å². The van der Waals surface area contributed by atoms with Crippen LogP contribution >= 0.6 is 27.7 Å². The molecule has 0 amide bonds. The van der Waals surface area contributed by atoms with Crippen molar-refractivity contribution >= 4 is 33.5 Å². The number of hydrogen-bond donors (Lipinski definition) is 1. The number of benzene rings is 1. The van der Waals surface area contributed by atoms with Gasteiger partial charge in [0, 0.05) is 33.1 Å². The minimum absolute atomic E-state index is 0.0156. The van der Waals surface area contributed by atoms with Gasteiger partial charge in [-0.3, -0.25) is 14.5 Å². The first-order valence-corrected chi connectivity index (χ1v) is 10.7. The second-order valence-electron chi connectivity index (χ2n) is 6.57. The molecule has 148 valence electrons. The fourth-order valence-corrected chi connectivity index (χ4v) is 4.30. The van der Waals surface area contributed by atoms with Gasteiger partial charge in [-0.25, -0.2) is 4.98 Å². The zero-order chi connectivity index (χ0) is 20.5. The van der Waals surface area contributed by atoms with Crippen molar-refractivity contribution in [2.24, 2.45) is 0 Å². The molecule has 1 N–H and O–H groups in total. The standard InChI is InChI=1S/C20H18BrN5O2S/c1-11-8-15(13(3)26(11)18-9-12(2)28-25-18)17(27)10-29-20-22-19(23-24-20)14-6-4-5-7-16(14)21/h4-9H,10H2,1-3H3,(H,22,23,24). The van der Waals surface area contributed by atoms with E-state index in [9.17, 15) is 4.79 Å². The van der Waals surface area contributed by atoms with Crippen molar-refractivity contribution in [3.05, 3.63) is 63.6 Å². The monoisotopic (exact) mass is 471 g/mol. The summed E-state index contributed by atoms with van der Waals surface area (Å²) in [6, 6.07) is 11.5. The molecular weight excluding hydrogens is 454 g/mol. The molecule has 3 heterocycles. The van der Waals surface area contributed by atoms with Crippen molar-refractivity contribution in [1.29, 1.82) is 0 Å². The maximum Gasteiger partial charge on any atom is 0.209 e. The molecule has 0 spiro atoms. The molecule has 0 atom stereocenters. The van der Waals surface area contributed by atoms with Gasteiger partial charge in [0.15, 0.2) is 17.4 Å². The summed E-state index contributed by atoms with van der Waals surface area (Å²) in [5.41, 5.74) is 3.35. The van der Waals surface area contributed by atoms with Crippen LogP contribution in [0.5, 0.6) is 0 Å². The summed E-state index contributed by atoms with van der Waals surface area (Å²) in [6.07, 6.45) is 0. The van der Waals surface area contributed by atoms with Gasteiger partial charge in [-0.15, -0.1) is 5.10 Å². The summed E-state index contributed by atoms with van der Waals surface area (Å²) < 4.78 is 8.02. The predicted octanol–water partition coefficient (Wildman–Crippen LogP) is 4.91. The summed E-state index contributed by atoms with van der Waals surface area (Å²) in [5, 5.41) is 11.7. The minimum atomic E-state index is 0.0156. The van der Waals surface area contributed by atoms with E-state index in [0.29, 0.717) is 22.4 Å². The summed E-state index contributed by atoms with van der Waals surface area (Å²) in [6.45, 7) is 5.69. The third-order valence-corrected chi connectivity index (χ3v) is 6.04. The molecule has 0 bridgehead atoms. The van der Waals surface area contributed by atoms with E-state index < -0.39 is 0 Å². The Labute approximate surface area is 180 Å². The molecule has 1 aromatic carbocycles. The Morgan fingerprint density at radius 1 is 1.24 bits per heavy atom. The van der Waals surface area contributed by atoms with Gasteiger partial charge in [0.2, 0.25) is 5.16 Å². The van der Waals surface area contributed by atoms with Gasteiger partial charge in [0.25, 0.3) is 0 Å². The third kappa shape index (κ3) is 3.92. The van der Waals surface area contributed by atoms with E-state index in [1.165, 1.54) is 11.8 Å². The molecule has 0 fully saturated rings. The highest BCUT2D eigenvalue weighted by Crippen LogP contribution is 2.27. The Morgan fingerprint density at radius 2 is 2.03 bits per heavy atom. The first-order chi connectivity index (χ1) is 13.9. The molecule has 3 aromatic heterocycles. The molecule has 4 rings (SSSR count). The minimum Gasteiger partial charge on any atom is -0.360 e. The van der Waals surface area contributed by atoms with Gasteiger partial charge in [0.1, 0.15) is 5.76 Å². The quantitative estimate of drug-likeness (QED) is 0.317. The van der Waals surface area contributed by atoms with Crippen LogP contribution in [0.3, 0.4) is 0 Å². The van der Waals surface area contributed by atoms with E-state index >= 15 is 0 Å². The van der Waals surface area contributed by atoms with Crippen molar-refractivity contribution in [1.82, 2.24) is 24.9 Å². The Kier molecular flexibility index (Phi) is 5.42. The molecule has 9 heteroatoms. The maximum absolute atomic E-state index is 12.8. The Bertz CT molecular complexity index is 1190. The van der Waals surface area contributed by atoms with E-state index in [1.54, 1.807) is 0 Å².